The molecule has 1 aromatic rings. The van der Waals surface area contributed by atoms with Gasteiger partial charge in [0.15, 0.2) is 0 Å². The van der Waals surface area contributed by atoms with Gasteiger partial charge in [-0.15, -0.1) is 0 Å². The Morgan fingerprint density at radius 2 is 2.00 bits per heavy atom. The van der Waals surface area contributed by atoms with Gasteiger partial charge in [-0.05, 0) is 55.2 Å². The number of fused-ring (bicyclic) bond motifs is 2. The molecule has 2 aliphatic rings. The van der Waals surface area contributed by atoms with E-state index in [2.05, 4.69) is 5.32 Å². The molecule has 0 aliphatic heterocycles. The fourth-order valence-corrected chi connectivity index (χ4v) is 4.44. The summed E-state index contributed by atoms with van der Waals surface area (Å²) < 4.78 is 0. The third-order valence-electron chi connectivity index (χ3n) is 5.26. The van der Waals surface area contributed by atoms with Crippen LogP contribution in [0, 0.1) is 17.3 Å². The van der Waals surface area contributed by atoms with Gasteiger partial charge < -0.3 is 10.4 Å². The summed E-state index contributed by atoms with van der Waals surface area (Å²) in [7, 11) is 0. The maximum atomic E-state index is 12.7. The van der Waals surface area contributed by atoms with E-state index in [0.29, 0.717) is 23.3 Å². The van der Waals surface area contributed by atoms with Crippen LogP contribution in [0.15, 0.2) is 24.3 Å². The first-order valence-corrected chi connectivity index (χ1v) is 8.12. The van der Waals surface area contributed by atoms with Crippen LogP contribution in [-0.2, 0) is 16.0 Å². The Morgan fingerprint density at radius 3 is 2.55 bits per heavy atom. The van der Waals surface area contributed by atoms with Gasteiger partial charge in [0.1, 0.15) is 6.54 Å². The number of hydrogen-bond acceptors (Lipinski definition) is 2. The molecule has 2 saturated carbocycles. The van der Waals surface area contributed by atoms with Crippen LogP contribution in [0.1, 0.15) is 31.2 Å². The van der Waals surface area contributed by atoms with Gasteiger partial charge in [-0.2, -0.15) is 0 Å². The van der Waals surface area contributed by atoms with Gasteiger partial charge in [0, 0.05) is 5.02 Å². The van der Waals surface area contributed by atoms with E-state index < -0.39 is 11.4 Å². The van der Waals surface area contributed by atoms with Crippen molar-refractivity contribution < 1.29 is 14.7 Å². The van der Waals surface area contributed by atoms with E-state index in [1.165, 1.54) is 6.42 Å². The minimum Gasteiger partial charge on any atom is -0.480 e. The van der Waals surface area contributed by atoms with E-state index in [1.807, 2.05) is 24.3 Å². The summed E-state index contributed by atoms with van der Waals surface area (Å²) in [6.07, 6.45) is 4.88. The van der Waals surface area contributed by atoms with Crippen LogP contribution in [0.2, 0.25) is 5.02 Å². The van der Waals surface area contributed by atoms with Crippen molar-refractivity contribution in [2.24, 2.45) is 17.3 Å². The summed E-state index contributed by atoms with van der Waals surface area (Å²) in [6.45, 7) is -0.307. The zero-order valence-electron chi connectivity index (χ0n) is 12.3. The van der Waals surface area contributed by atoms with E-state index in [0.717, 1.165) is 24.8 Å². The first-order chi connectivity index (χ1) is 10.5. The molecule has 3 rings (SSSR count). The van der Waals surface area contributed by atoms with Crippen molar-refractivity contribution in [3.05, 3.63) is 34.9 Å². The molecule has 1 aromatic carbocycles. The summed E-state index contributed by atoms with van der Waals surface area (Å²) >= 11 is 5.93. The molecule has 2 aliphatic carbocycles. The van der Waals surface area contributed by atoms with E-state index in [1.54, 1.807) is 0 Å². The van der Waals surface area contributed by atoms with Crippen molar-refractivity contribution in [3.63, 3.8) is 0 Å². The summed E-state index contributed by atoms with van der Waals surface area (Å²) in [4.78, 5) is 23.5. The van der Waals surface area contributed by atoms with Gasteiger partial charge in [-0.3, -0.25) is 9.59 Å². The molecule has 5 heteroatoms. The number of carboxylic acid groups (broad SMARTS) is 1. The highest BCUT2D eigenvalue weighted by atomic mass is 35.5. The molecular weight excluding hydrogens is 302 g/mol. The number of amides is 1. The van der Waals surface area contributed by atoms with E-state index in [4.69, 9.17) is 16.7 Å². The first kappa shape index (κ1) is 15.3. The molecule has 2 bridgehead atoms. The topological polar surface area (TPSA) is 66.4 Å². The van der Waals surface area contributed by atoms with Crippen LogP contribution in [0.5, 0.6) is 0 Å². The molecule has 3 atom stereocenters. The second-order valence-electron chi connectivity index (χ2n) is 6.62. The molecule has 4 nitrogen and oxygen atoms in total. The highest BCUT2D eigenvalue weighted by Gasteiger charge is 2.55. The average Bonchev–Trinajstić information content (AvgIpc) is 3.08. The Bertz CT molecular complexity index is 586. The fourth-order valence-electron chi connectivity index (χ4n) is 4.32. The Balaban J connectivity index is 1.82. The summed E-state index contributed by atoms with van der Waals surface area (Å²) in [5.74, 6) is -0.134. The van der Waals surface area contributed by atoms with Crippen molar-refractivity contribution in [3.8, 4) is 0 Å². The minimum absolute atomic E-state index is 0.1000. The number of carbonyl (C=O) groups excluding carboxylic acids is 1. The molecule has 22 heavy (non-hydrogen) atoms. The Kier molecular flexibility index (Phi) is 4.13. The second-order valence-corrected chi connectivity index (χ2v) is 7.05. The molecule has 0 saturated heterocycles. The third kappa shape index (κ3) is 2.84. The van der Waals surface area contributed by atoms with Gasteiger partial charge in [-0.1, -0.05) is 30.2 Å². The largest absolute Gasteiger partial charge is 0.480 e. The van der Waals surface area contributed by atoms with Crippen LogP contribution in [0.25, 0.3) is 0 Å². The fraction of sp³-hybridized carbons (Fsp3) is 0.529. The number of rotatable bonds is 5. The van der Waals surface area contributed by atoms with E-state index >= 15 is 0 Å². The number of carbonyl (C=O) groups is 2. The lowest BCUT2D eigenvalue weighted by atomic mass is 9.68. The number of hydrogen-bond donors (Lipinski definition) is 2. The third-order valence-corrected chi connectivity index (χ3v) is 5.51. The van der Waals surface area contributed by atoms with Gasteiger partial charge in [0.2, 0.25) is 5.91 Å². The lowest BCUT2D eigenvalue weighted by Crippen LogP contribution is -2.47. The van der Waals surface area contributed by atoms with Crippen molar-refractivity contribution in [1.29, 1.82) is 0 Å². The zero-order chi connectivity index (χ0) is 15.7. The van der Waals surface area contributed by atoms with Crippen LogP contribution < -0.4 is 5.32 Å². The molecule has 0 spiro atoms. The highest BCUT2D eigenvalue weighted by molar-refractivity contribution is 6.30. The monoisotopic (exact) mass is 321 g/mol. The number of nitrogens with one attached hydrogen (secondary N) is 1. The molecule has 2 N–H and O–H groups in total. The average molecular weight is 322 g/mol. The summed E-state index contributed by atoms with van der Waals surface area (Å²) in [5, 5.41) is 12.1. The Morgan fingerprint density at radius 1 is 1.27 bits per heavy atom. The van der Waals surface area contributed by atoms with Crippen molar-refractivity contribution in [2.45, 2.75) is 32.1 Å². The minimum atomic E-state index is -1.00. The SMILES string of the molecule is O=C(O)CNC(=O)C1(Cc2ccc(Cl)cc2)CC2CCC1C2. The van der Waals surface area contributed by atoms with Gasteiger partial charge in [-0.25, -0.2) is 0 Å². The molecular formula is C17H20ClNO3. The number of halogens is 1. The van der Waals surface area contributed by atoms with Crippen LogP contribution in [-0.4, -0.2) is 23.5 Å². The van der Waals surface area contributed by atoms with Crippen LogP contribution >= 0.6 is 11.6 Å². The molecule has 0 radical (unpaired) electrons. The lowest BCUT2D eigenvalue weighted by molar-refractivity contribution is -0.141. The van der Waals surface area contributed by atoms with Crippen molar-refractivity contribution in [2.75, 3.05) is 6.54 Å². The number of benzene rings is 1. The quantitative estimate of drug-likeness (QED) is 0.876. The predicted molar refractivity (Wildman–Crippen MR) is 83.7 cm³/mol. The smallest absolute Gasteiger partial charge is 0.322 e. The van der Waals surface area contributed by atoms with Crippen LogP contribution in [0.3, 0.4) is 0 Å². The summed E-state index contributed by atoms with van der Waals surface area (Å²) in [6, 6.07) is 7.60. The van der Waals surface area contributed by atoms with Crippen LogP contribution in [0.4, 0.5) is 0 Å². The number of carboxylic acids is 1. The highest BCUT2D eigenvalue weighted by Crippen LogP contribution is 2.57. The molecule has 1 amide bonds. The normalized spacial score (nSPS) is 29.5. The van der Waals surface area contributed by atoms with Gasteiger partial charge >= 0.3 is 5.97 Å². The molecule has 118 valence electrons. The Labute approximate surface area is 134 Å². The van der Waals surface area contributed by atoms with Crippen molar-refractivity contribution in [1.82, 2.24) is 5.32 Å². The standard InChI is InChI=1S/C17H20ClNO3/c18-14-5-2-11(3-6-14)8-17(16(22)19-10-15(20)21)9-12-1-4-13(17)7-12/h2-3,5-6,12-13H,1,4,7-10H2,(H,19,22)(H,20,21). The maximum Gasteiger partial charge on any atom is 0.322 e. The molecule has 0 heterocycles. The van der Waals surface area contributed by atoms with E-state index in [9.17, 15) is 9.59 Å². The second kappa shape index (κ2) is 5.92. The molecule has 3 unspecified atom stereocenters. The van der Waals surface area contributed by atoms with Crippen molar-refractivity contribution >= 4 is 23.5 Å². The first-order valence-electron chi connectivity index (χ1n) is 7.74. The zero-order valence-corrected chi connectivity index (χ0v) is 13.1. The predicted octanol–water partition coefficient (Wildman–Crippen LogP) is 2.89. The molecule has 2 fully saturated rings. The summed E-state index contributed by atoms with van der Waals surface area (Å²) in [5.41, 5.74) is 0.633. The molecule has 0 aromatic heterocycles. The lowest BCUT2D eigenvalue weighted by Gasteiger charge is -2.36. The Hall–Kier alpha value is -1.55. The maximum absolute atomic E-state index is 12.7. The van der Waals surface area contributed by atoms with E-state index in [-0.39, 0.29) is 12.5 Å². The van der Waals surface area contributed by atoms with Gasteiger partial charge in [0.05, 0.1) is 5.41 Å². The number of aliphatic carboxylic acids is 1. The van der Waals surface area contributed by atoms with Gasteiger partial charge in [0.25, 0.3) is 0 Å².